The molecule has 0 aliphatic rings. The second-order valence-corrected chi connectivity index (χ2v) is 4.07. The summed E-state index contributed by atoms with van der Waals surface area (Å²) in [5.41, 5.74) is 12.2. The molecule has 1 aromatic heterocycles. The van der Waals surface area contributed by atoms with Crippen molar-refractivity contribution in [2.75, 3.05) is 6.54 Å². The highest BCUT2D eigenvalue weighted by Gasteiger charge is 2.19. The summed E-state index contributed by atoms with van der Waals surface area (Å²) in [5.74, 6) is 0.132. The minimum Gasteiger partial charge on any atom is -0.330 e. The summed E-state index contributed by atoms with van der Waals surface area (Å²) in [6.45, 7) is 2.45. The third kappa shape index (κ3) is 2.36. The molecule has 0 aliphatic heterocycles. The van der Waals surface area contributed by atoms with E-state index in [2.05, 4.69) is 4.98 Å². The maximum absolute atomic E-state index is 5.97. The first-order chi connectivity index (χ1) is 6.57. The number of nitrogens with two attached hydrogens (primary N) is 2. The molecular formula is C9H13Cl2N3. The summed E-state index contributed by atoms with van der Waals surface area (Å²) in [6.07, 6.45) is 3.07. The predicted molar refractivity (Wildman–Crippen MR) is 59.4 cm³/mol. The normalized spacial score (nSPS) is 15.2. The van der Waals surface area contributed by atoms with Gasteiger partial charge in [0.1, 0.15) is 0 Å². The maximum Gasteiger partial charge on any atom is 0.0652 e. The molecule has 1 aromatic rings. The number of nitrogens with zero attached hydrogens (tertiary/aromatic N) is 1. The fraction of sp³-hybridized carbons (Fsp3) is 0.444. The Labute approximate surface area is 93.4 Å². The SMILES string of the molecule is CC(CN)C(N)c1c(Cl)cncc1Cl. The zero-order chi connectivity index (χ0) is 10.7. The van der Waals surface area contributed by atoms with Crippen LogP contribution in [0.5, 0.6) is 0 Å². The van der Waals surface area contributed by atoms with Crippen molar-refractivity contribution in [2.24, 2.45) is 17.4 Å². The van der Waals surface area contributed by atoms with Crippen molar-refractivity contribution in [3.05, 3.63) is 28.0 Å². The van der Waals surface area contributed by atoms with Crippen molar-refractivity contribution in [1.82, 2.24) is 4.98 Å². The van der Waals surface area contributed by atoms with E-state index in [1.807, 2.05) is 6.92 Å². The lowest BCUT2D eigenvalue weighted by atomic mass is 9.96. The third-order valence-electron chi connectivity index (χ3n) is 2.21. The Balaban J connectivity index is 3.05. The highest BCUT2D eigenvalue weighted by Crippen LogP contribution is 2.31. The summed E-state index contributed by atoms with van der Waals surface area (Å²) in [7, 11) is 0. The molecular weight excluding hydrogens is 221 g/mol. The molecule has 0 saturated heterocycles. The van der Waals surface area contributed by atoms with Gasteiger partial charge in [-0.1, -0.05) is 30.1 Å². The van der Waals surface area contributed by atoms with Gasteiger partial charge in [0.2, 0.25) is 0 Å². The topological polar surface area (TPSA) is 64.9 Å². The smallest absolute Gasteiger partial charge is 0.0652 e. The van der Waals surface area contributed by atoms with Crippen LogP contribution in [-0.4, -0.2) is 11.5 Å². The Morgan fingerprint density at radius 1 is 1.36 bits per heavy atom. The Morgan fingerprint density at radius 2 is 1.86 bits per heavy atom. The van der Waals surface area contributed by atoms with Gasteiger partial charge in [-0.15, -0.1) is 0 Å². The van der Waals surface area contributed by atoms with E-state index in [9.17, 15) is 0 Å². The molecule has 5 heteroatoms. The summed E-state index contributed by atoms with van der Waals surface area (Å²) >= 11 is 11.9. The van der Waals surface area contributed by atoms with Gasteiger partial charge in [0.15, 0.2) is 0 Å². The molecule has 3 nitrogen and oxygen atoms in total. The molecule has 1 rings (SSSR count). The van der Waals surface area contributed by atoms with Crippen LogP contribution < -0.4 is 11.5 Å². The number of hydrogen-bond acceptors (Lipinski definition) is 3. The molecule has 0 radical (unpaired) electrons. The molecule has 0 fully saturated rings. The highest BCUT2D eigenvalue weighted by molar-refractivity contribution is 6.35. The van der Waals surface area contributed by atoms with Gasteiger partial charge in [0.25, 0.3) is 0 Å². The van der Waals surface area contributed by atoms with E-state index in [0.29, 0.717) is 16.6 Å². The van der Waals surface area contributed by atoms with Crippen molar-refractivity contribution in [3.8, 4) is 0 Å². The van der Waals surface area contributed by atoms with Crippen LogP contribution >= 0.6 is 23.2 Å². The van der Waals surface area contributed by atoms with Crippen LogP contribution in [0.15, 0.2) is 12.4 Å². The van der Waals surface area contributed by atoms with Gasteiger partial charge >= 0.3 is 0 Å². The Morgan fingerprint density at radius 3 is 2.29 bits per heavy atom. The van der Waals surface area contributed by atoms with Crippen molar-refractivity contribution < 1.29 is 0 Å². The largest absolute Gasteiger partial charge is 0.330 e. The summed E-state index contributed by atoms with van der Waals surface area (Å²) in [5, 5.41) is 0.982. The van der Waals surface area contributed by atoms with E-state index in [4.69, 9.17) is 34.7 Å². The first-order valence-electron chi connectivity index (χ1n) is 4.32. The summed E-state index contributed by atoms with van der Waals surface area (Å²) < 4.78 is 0. The standard InChI is InChI=1S/C9H13Cl2N3/c1-5(2-12)9(13)8-6(10)3-14-4-7(8)11/h3-5,9H,2,12-13H2,1H3. The van der Waals surface area contributed by atoms with Crippen LogP contribution in [0.3, 0.4) is 0 Å². The van der Waals surface area contributed by atoms with Crippen LogP contribution in [0.2, 0.25) is 10.0 Å². The quantitative estimate of drug-likeness (QED) is 0.840. The first-order valence-corrected chi connectivity index (χ1v) is 5.08. The Bertz CT molecular complexity index is 297. The number of pyridine rings is 1. The van der Waals surface area contributed by atoms with Crippen molar-refractivity contribution in [3.63, 3.8) is 0 Å². The highest BCUT2D eigenvalue weighted by atomic mass is 35.5. The van der Waals surface area contributed by atoms with Crippen LogP contribution in [-0.2, 0) is 0 Å². The fourth-order valence-electron chi connectivity index (χ4n) is 1.17. The van der Waals surface area contributed by atoms with Crippen molar-refractivity contribution in [1.29, 1.82) is 0 Å². The van der Waals surface area contributed by atoms with Gasteiger partial charge in [-0.3, -0.25) is 4.98 Å². The number of hydrogen-bond donors (Lipinski definition) is 2. The van der Waals surface area contributed by atoms with Crippen LogP contribution in [0.4, 0.5) is 0 Å². The molecule has 2 atom stereocenters. The van der Waals surface area contributed by atoms with Crippen LogP contribution in [0, 0.1) is 5.92 Å². The lowest BCUT2D eigenvalue weighted by molar-refractivity contribution is 0.481. The summed E-state index contributed by atoms with van der Waals surface area (Å²) in [4.78, 5) is 3.86. The fourth-order valence-corrected chi connectivity index (χ4v) is 1.79. The average Bonchev–Trinajstić information content (AvgIpc) is 2.16. The van der Waals surface area contributed by atoms with Gasteiger partial charge in [-0.25, -0.2) is 0 Å². The zero-order valence-electron chi connectivity index (χ0n) is 7.87. The molecule has 0 bridgehead atoms. The van der Waals surface area contributed by atoms with Crippen molar-refractivity contribution >= 4 is 23.2 Å². The molecule has 0 aromatic carbocycles. The number of rotatable bonds is 3. The molecule has 0 spiro atoms. The van der Waals surface area contributed by atoms with Crippen molar-refractivity contribution in [2.45, 2.75) is 13.0 Å². The van der Waals surface area contributed by atoms with Gasteiger partial charge in [-0.2, -0.15) is 0 Å². The van der Waals surface area contributed by atoms with Crippen LogP contribution in [0.1, 0.15) is 18.5 Å². The van der Waals surface area contributed by atoms with Gasteiger partial charge in [-0.05, 0) is 12.5 Å². The molecule has 1 heterocycles. The summed E-state index contributed by atoms with van der Waals surface area (Å²) in [6, 6.07) is -0.247. The minimum absolute atomic E-state index is 0.132. The molecule has 0 amide bonds. The van der Waals surface area contributed by atoms with E-state index in [1.165, 1.54) is 12.4 Å². The second-order valence-electron chi connectivity index (χ2n) is 3.26. The van der Waals surface area contributed by atoms with E-state index in [-0.39, 0.29) is 12.0 Å². The van der Waals surface area contributed by atoms with E-state index < -0.39 is 0 Å². The molecule has 0 aliphatic carbocycles. The van der Waals surface area contributed by atoms with Gasteiger partial charge < -0.3 is 11.5 Å². The average molecular weight is 234 g/mol. The predicted octanol–water partition coefficient (Wildman–Crippen LogP) is 1.98. The minimum atomic E-state index is -0.247. The lowest BCUT2D eigenvalue weighted by Gasteiger charge is -2.20. The number of aromatic nitrogens is 1. The molecule has 0 saturated carbocycles. The van der Waals surface area contributed by atoms with Gasteiger partial charge in [0, 0.05) is 24.0 Å². The third-order valence-corrected chi connectivity index (χ3v) is 2.81. The van der Waals surface area contributed by atoms with Gasteiger partial charge in [0.05, 0.1) is 10.0 Å². The first kappa shape index (κ1) is 11.7. The van der Waals surface area contributed by atoms with E-state index in [1.54, 1.807) is 0 Å². The monoisotopic (exact) mass is 233 g/mol. The molecule has 14 heavy (non-hydrogen) atoms. The van der Waals surface area contributed by atoms with E-state index in [0.717, 1.165) is 5.56 Å². The lowest BCUT2D eigenvalue weighted by Crippen LogP contribution is -2.26. The van der Waals surface area contributed by atoms with E-state index >= 15 is 0 Å². The second kappa shape index (κ2) is 4.94. The van der Waals surface area contributed by atoms with Crippen LogP contribution in [0.25, 0.3) is 0 Å². The Hall–Kier alpha value is -0.350. The zero-order valence-corrected chi connectivity index (χ0v) is 9.39. The molecule has 2 unspecified atom stereocenters. The molecule has 4 N–H and O–H groups in total. The Kier molecular flexibility index (Phi) is 4.13. The molecule has 78 valence electrons. The maximum atomic E-state index is 5.97. The number of halogens is 2.